The summed E-state index contributed by atoms with van der Waals surface area (Å²) < 4.78 is 47.9. The molecule has 2 amide bonds. The van der Waals surface area contributed by atoms with E-state index in [0.717, 1.165) is 5.56 Å². The molecule has 7 nitrogen and oxygen atoms in total. The largest absolute Gasteiger partial charge is 0.486 e. The highest BCUT2D eigenvalue weighted by Gasteiger charge is 2.37. The van der Waals surface area contributed by atoms with Crippen LogP contribution in [0.15, 0.2) is 28.8 Å². The second kappa shape index (κ2) is 6.50. The van der Waals surface area contributed by atoms with Gasteiger partial charge in [-0.2, -0.15) is 18.2 Å². The predicted octanol–water partition coefficient (Wildman–Crippen LogP) is 2.97. The van der Waals surface area contributed by atoms with Gasteiger partial charge in [0.05, 0.1) is 19.6 Å². The van der Waals surface area contributed by atoms with Gasteiger partial charge in [0.15, 0.2) is 0 Å². The number of hydrogen-bond acceptors (Lipinski definition) is 5. The molecule has 0 saturated carbocycles. The van der Waals surface area contributed by atoms with E-state index in [-0.39, 0.29) is 12.4 Å². The number of fused-ring (bicyclic) bond motifs is 1. The Morgan fingerprint density at radius 1 is 1.35 bits per heavy atom. The van der Waals surface area contributed by atoms with Gasteiger partial charge in [-0.25, -0.2) is 4.79 Å². The molecule has 1 aromatic carbocycles. The summed E-state index contributed by atoms with van der Waals surface area (Å²) in [6.45, 7) is 4.00. The molecule has 0 bridgehead atoms. The Morgan fingerprint density at radius 2 is 2.08 bits per heavy atom. The molecule has 0 spiro atoms. The third kappa shape index (κ3) is 4.06. The fourth-order valence-corrected chi connectivity index (χ4v) is 2.63. The van der Waals surface area contributed by atoms with Gasteiger partial charge in [0.2, 0.25) is 5.89 Å². The van der Waals surface area contributed by atoms with Crippen LogP contribution in [0.1, 0.15) is 31.1 Å². The highest BCUT2D eigenvalue weighted by atomic mass is 19.4. The van der Waals surface area contributed by atoms with E-state index >= 15 is 0 Å². The van der Waals surface area contributed by atoms with E-state index in [1.54, 1.807) is 0 Å². The molecule has 3 rings (SSSR count). The first-order valence-electron chi connectivity index (χ1n) is 7.83. The van der Waals surface area contributed by atoms with Crippen molar-refractivity contribution in [3.05, 3.63) is 41.5 Å². The summed E-state index contributed by atoms with van der Waals surface area (Å²) in [6, 6.07) is 6.90. The van der Waals surface area contributed by atoms with Gasteiger partial charge < -0.3 is 19.5 Å². The van der Waals surface area contributed by atoms with Crippen LogP contribution in [0.5, 0.6) is 5.75 Å². The average Bonchev–Trinajstić information content (AvgIpc) is 2.97. The molecule has 2 aromatic rings. The normalized spacial score (nSPS) is 16.4. The van der Waals surface area contributed by atoms with Gasteiger partial charge in [-0.3, -0.25) is 0 Å². The van der Waals surface area contributed by atoms with E-state index in [2.05, 4.69) is 20.0 Å². The number of ether oxygens (including phenoxy) is 1. The molecule has 2 heterocycles. The number of urea groups is 1. The second-order valence-corrected chi connectivity index (χ2v) is 6.49. The molecular weight excluding hydrogens is 353 g/mol. The van der Waals surface area contributed by atoms with Crippen molar-refractivity contribution in [3.8, 4) is 5.75 Å². The summed E-state index contributed by atoms with van der Waals surface area (Å²) in [5.41, 5.74) is 0.211. The van der Waals surface area contributed by atoms with Gasteiger partial charge in [-0.1, -0.05) is 23.4 Å². The molecule has 0 fully saturated rings. The zero-order valence-electron chi connectivity index (χ0n) is 14.1. The molecule has 1 aliphatic rings. The van der Waals surface area contributed by atoms with Gasteiger partial charge in [-0.15, -0.1) is 0 Å². The number of aromatic nitrogens is 2. The predicted molar refractivity (Wildman–Crippen MR) is 83.1 cm³/mol. The summed E-state index contributed by atoms with van der Waals surface area (Å²) >= 11 is 0. The molecule has 1 aromatic heterocycles. The van der Waals surface area contributed by atoms with Gasteiger partial charge >= 0.3 is 12.2 Å². The third-order valence-electron chi connectivity index (χ3n) is 3.69. The molecule has 1 N–H and O–H groups in total. The average molecular weight is 370 g/mol. The van der Waals surface area contributed by atoms with E-state index < -0.39 is 23.6 Å². The van der Waals surface area contributed by atoms with Crippen LogP contribution in [-0.2, 0) is 19.3 Å². The van der Waals surface area contributed by atoms with Crippen LogP contribution < -0.4 is 10.1 Å². The second-order valence-electron chi connectivity index (χ2n) is 6.49. The summed E-state index contributed by atoms with van der Waals surface area (Å²) in [5.74, 6) is -1.00. The van der Waals surface area contributed by atoms with Gasteiger partial charge in [0.25, 0.3) is 5.82 Å². The van der Waals surface area contributed by atoms with Crippen LogP contribution in [0, 0.1) is 0 Å². The molecule has 26 heavy (non-hydrogen) atoms. The fraction of sp³-hybridized carbons (Fsp3) is 0.438. The number of carbonyl (C=O) groups excluding carboxylic acids is 1. The maximum absolute atomic E-state index is 12.5. The lowest BCUT2D eigenvalue weighted by molar-refractivity contribution is -0.146. The molecule has 0 unspecified atom stereocenters. The molecule has 0 saturated heterocycles. The van der Waals surface area contributed by atoms with Crippen molar-refractivity contribution in [3.63, 3.8) is 0 Å². The zero-order valence-corrected chi connectivity index (χ0v) is 14.1. The Labute approximate surface area is 147 Å². The monoisotopic (exact) mass is 370 g/mol. The maximum atomic E-state index is 12.5. The van der Waals surface area contributed by atoms with Gasteiger partial charge in [0.1, 0.15) is 11.4 Å². The van der Waals surface area contributed by atoms with Crippen molar-refractivity contribution in [2.24, 2.45) is 0 Å². The lowest BCUT2D eigenvalue weighted by Gasteiger charge is -2.29. The minimum Gasteiger partial charge on any atom is -0.486 e. The Bertz CT molecular complexity index is 804. The van der Waals surface area contributed by atoms with Crippen LogP contribution in [0.25, 0.3) is 0 Å². The van der Waals surface area contributed by atoms with Crippen LogP contribution in [0.3, 0.4) is 0 Å². The fourth-order valence-electron chi connectivity index (χ4n) is 2.63. The lowest BCUT2D eigenvalue weighted by Crippen LogP contribution is -2.47. The van der Waals surface area contributed by atoms with Crippen LogP contribution in [-0.4, -0.2) is 33.2 Å². The number of hydrogen-bond donors (Lipinski definition) is 1. The molecule has 0 aliphatic carbocycles. The molecular formula is C16H17F3N4O3. The first-order valence-corrected chi connectivity index (χ1v) is 7.83. The minimum atomic E-state index is -4.69. The SMILES string of the molecule is CC1(C)CN(C(=O)NCc2nc(C(F)(F)F)no2)Cc2ccccc2O1. The highest BCUT2D eigenvalue weighted by Crippen LogP contribution is 2.29. The molecule has 1 aliphatic heterocycles. The number of nitrogens with zero attached hydrogens (tertiary/aromatic N) is 3. The summed E-state index contributed by atoms with van der Waals surface area (Å²) in [4.78, 5) is 17.2. The molecule has 0 radical (unpaired) electrons. The van der Waals surface area contributed by atoms with Crippen LogP contribution in [0.2, 0.25) is 0 Å². The summed E-state index contributed by atoms with van der Waals surface area (Å²) in [6.07, 6.45) is -4.69. The lowest BCUT2D eigenvalue weighted by atomic mass is 10.1. The third-order valence-corrected chi connectivity index (χ3v) is 3.69. The van der Waals surface area contributed by atoms with Crippen molar-refractivity contribution in [1.29, 1.82) is 0 Å². The van der Waals surface area contributed by atoms with Crippen molar-refractivity contribution < 1.29 is 27.2 Å². The van der Waals surface area contributed by atoms with Crippen molar-refractivity contribution in [2.75, 3.05) is 6.54 Å². The summed E-state index contributed by atoms with van der Waals surface area (Å²) in [5, 5.41) is 5.35. The number of para-hydroxylation sites is 1. The van der Waals surface area contributed by atoms with Crippen LogP contribution in [0.4, 0.5) is 18.0 Å². The number of rotatable bonds is 2. The number of alkyl halides is 3. The Morgan fingerprint density at radius 3 is 2.77 bits per heavy atom. The number of halogens is 3. The van der Waals surface area contributed by atoms with Crippen molar-refractivity contribution in [1.82, 2.24) is 20.4 Å². The number of nitrogens with one attached hydrogen (secondary N) is 1. The summed E-state index contributed by atoms with van der Waals surface area (Å²) in [7, 11) is 0. The van der Waals surface area contributed by atoms with Crippen molar-refractivity contribution in [2.45, 2.75) is 38.7 Å². The maximum Gasteiger partial charge on any atom is 0.455 e. The van der Waals surface area contributed by atoms with E-state index in [1.165, 1.54) is 4.90 Å². The molecule has 0 atom stereocenters. The smallest absolute Gasteiger partial charge is 0.455 e. The van der Waals surface area contributed by atoms with E-state index in [1.807, 2.05) is 38.1 Å². The Kier molecular flexibility index (Phi) is 4.51. The Balaban J connectivity index is 1.68. The highest BCUT2D eigenvalue weighted by molar-refractivity contribution is 5.74. The van der Waals surface area contributed by atoms with Crippen LogP contribution >= 0.6 is 0 Å². The Hall–Kier alpha value is -2.78. The van der Waals surface area contributed by atoms with E-state index in [0.29, 0.717) is 18.8 Å². The minimum absolute atomic E-state index is 0.297. The number of benzene rings is 1. The standard InChI is InChI=1S/C16H17F3N4O3/c1-15(2)9-23(8-10-5-3-4-6-11(10)25-15)14(24)20-7-12-21-13(22-26-12)16(17,18)19/h3-6H,7-9H2,1-2H3,(H,20,24). The molecule has 10 heteroatoms. The topological polar surface area (TPSA) is 80.5 Å². The van der Waals surface area contributed by atoms with Crippen molar-refractivity contribution >= 4 is 6.03 Å². The first kappa shape index (κ1) is 18.0. The quantitative estimate of drug-likeness (QED) is 0.879. The molecule has 140 valence electrons. The van der Waals surface area contributed by atoms with Gasteiger partial charge in [0, 0.05) is 5.56 Å². The zero-order chi connectivity index (χ0) is 18.9. The number of carbonyl (C=O) groups is 1. The first-order chi connectivity index (χ1) is 12.1. The van der Waals surface area contributed by atoms with E-state index in [9.17, 15) is 18.0 Å². The number of amides is 2. The van der Waals surface area contributed by atoms with Gasteiger partial charge in [-0.05, 0) is 19.9 Å². The van der Waals surface area contributed by atoms with E-state index in [4.69, 9.17) is 4.74 Å².